The van der Waals surface area contributed by atoms with Gasteiger partial charge in [0, 0.05) is 30.1 Å². The van der Waals surface area contributed by atoms with Gasteiger partial charge in [-0.2, -0.15) is 0 Å². The predicted molar refractivity (Wildman–Crippen MR) is 122 cm³/mol. The zero-order valence-corrected chi connectivity index (χ0v) is 18.9. The summed E-state index contributed by atoms with van der Waals surface area (Å²) in [5.74, 6) is -0.0187. The van der Waals surface area contributed by atoms with Crippen LogP contribution in [0.5, 0.6) is 5.75 Å². The average molecular weight is 429 g/mol. The van der Waals surface area contributed by atoms with Crippen LogP contribution in [0.2, 0.25) is 0 Å². The number of carboxylic acid groups (broad SMARTS) is 1. The van der Waals surface area contributed by atoms with E-state index in [1.165, 1.54) is 12.8 Å². The molecule has 6 heteroatoms. The van der Waals surface area contributed by atoms with Crippen LogP contribution in [-0.4, -0.2) is 40.9 Å². The Labute approximate surface area is 186 Å². The highest BCUT2D eigenvalue weighted by molar-refractivity contribution is 5.75. The first-order valence-corrected chi connectivity index (χ1v) is 11.5. The average Bonchev–Trinajstić information content (AvgIpc) is 2.79. The Morgan fingerprint density at radius 2 is 1.58 bits per heavy atom. The molecule has 0 fully saturated rings. The summed E-state index contributed by atoms with van der Waals surface area (Å²) in [5.41, 5.74) is 1.52. The third-order valence-electron chi connectivity index (χ3n) is 5.22. The lowest BCUT2D eigenvalue weighted by molar-refractivity contribution is -0.139. The minimum Gasteiger partial charge on any atom is -0.491 e. The van der Waals surface area contributed by atoms with E-state index in [0.29, 0.717) is 31.0 Å². The van der Waals surface area contributed by atoms with Crippen LogP contribution in [-0.2, 0) is 9.53 Å². The molecule has 2 rings (SSSR count). The molecular weight excluding hydrogens is 392 g/mol. The van der Waals surface area contributed by atoms with Crippen LogP contribution in [0.15, 0.2) is 36.7 Å². The molecule has 1 heterocycles. The predicted octanol–water partition coefficient (Wildman–Crippen LogP) is 5.87. The highest BCUT2D eigenvalue weighted by Gasteiger charge is 2.20. The van der Waals surface area contributed by atoms with Crippen molar-refractivity contribution in [2.75, 3.05) is 19.8 Å². The second-order valence-corrected chi connectivity index (χ2v) is 7.77. The van der Waals surface area contributed by atoms with Crippen LogP contribution in [0, 0.1) is 0 Å². The van der Waals surface area contributed by atoms with Gasteiger partial charge in [0.15, 0.2) is 5.82 Å². The van der Waals surface area contributed by atoms with Crippen LogP contribution >= 0.6 is 0 Å². The standard InChI is InChI=1S/C25H36N2O4/c1-3-5-7-8-10-23(25(28)29)21-18-26-24(27-19-21)20-11-13-22(14-12-20)31-17-16-30-15-9-6-4-2/h11-14,18-19,23H,3-10,15-17H2,1-2H3,(H,28,29). The van der Waals surface area contributed by atoms with E-state index >= 15 is 0 Å². The summed E-state index contributed by atoms with van der Waals surface area (Å²) in [5, 5.41) is 9.56. The van der Waals surface area contributed by atoms with Gasteiger partial charge < -0.3 is 14.6 Å². The Hall–Kier alpha value is -2.47. The molecule has 6 nitrogen and oxygen atoms in total. The maximum atomic E-state index is 11.7. The number of rotatable bonds is 16. The molecule has 1 aromatic carbocycles. The zero-order valence-electron chi connectivity index (χ0n) is 18.9. The molecule has 1 N–H and O–H groups in total. The molecule has 0 saturated carbocycles. The first kappa shape index (κ1) is 24.8. The normalized spacial score (nSPS) is 11.9. The van der Waals surface area contributed by atoms with Crippen LogP contribution in [0.4, 0.5) is 0 Å². The Kier molecular flexibility index (Phi) is 11.6. The minimum absolute atomic E-state index is 0.519. The number of benzene rings is 1. The molecule has 1 unspecified atom stereocenters. The van der Waals surface area contributed by atoms with E-state index in [-0.39, 0.29) is 0 Å². The molecule has 31 heavy (non-hydrogen) atoms. The highest BCUT2D eigenvalue weighted by atomic mass is 16.5. The molecule has 0 radical (unpaired) electrons. The maximum absolute atomic E-state index is 11.7. The van der Waals surface area contributed by atoms with E-state index in [1.807, 2.05) is 24.3 Å². The monoisotopic (exact) mass is 428 g/mol. The van der Waals surface area contributed by atoms with Crippen molar-refractivity contribution in [1.82, 2.24) is 9.97 Å². The number of hydrogen-bond acceptors (Lipinski definition) is 5. The Morgan fingerprint density at radius 3 is 2.23 bits per heavy atom. The highest BCUT2D eigenvalue weighted by Crippen LogP contribution is 2.24. The molecule has 0 bridgehead atoms. The second kappa shape index (κ2) is 14.5. The van der Waals surface area contributed by atoms with Gasteiger partial charge in [0.25, 0.3) is 0 Å². The molecule has 0 aliphatic heterocycles. The Bertz CT molecular complexity index is 747. The van der Waals surface area contributed by atoms with E-state index in [1.54, 1.807) is 12.4 Å². The molecule has 0 aliphatic rings. The van der Waals surface area contributed by atoms with E-state index < -0.39 is 11.9 Å². The van der Waals surface area contributed by atoms with Gasteiger partial charge in [0.2, 0.25) is 0 Å². The van der Waals surface area contributed by atoms with Gasteiger partial charge in [-0.25, -0.2) is 9.97 Å². The summed E-state index contributed by atoms with van der Waals surface area (Å²) in [4.78, 5) is 20.5. The number of carboxylic acids is 1. The molecular formula is C25H36N2O4. The molecule has 0 saturated heterocycles. The third kappa shape index (κ3) is 9.05. The third-order valence-corrected chi connectivity index (χ3v) is 5.22. The summed E-state index contributed by atoms with van der Waals surface area (Å²) in [6.45, 7) is 6.20. The number of nitrogens with zero attached hydrogens (tertiary/aromatic N) is 2. The largest absolute Gasteiger partial charge is 0.491 e. The second-order valence-electron chi connectivity index (χ2n) is 7.77. The van der Waals surface area contributed by atoms with Crippen LogP contribution in [0.1, 0.15) is 76.7 Å². The minimum atomic E-state index is -0.816. The van der Waals surface area contributed by atoms with Crippen LogP contribution < -0.4 is 4.74 Å². The number of aliphatic carboxylic acids is 1. The fourth-order valence-electron chi connectivity index (χ4n) is 3.35. The molecule has 2 aromatic rings. The number of unbranched alkanes of at least 4 members (excludes halogenated alkanes) is 5. The van der Waals surface area contributed by atoms with Crippen molar-refractivity contribution in [1.29, 1.82) is 0 Å². The van der Waals surface area contributed by atoms with Crippen molar-refractivity contribution < 1.29 is 19.4 Å². The quantitative estimate of drug-likeness (QED) is 0.337. The lowest BCUT2D eigenvalue weighted by atomic mass is 9.95. The maximum Gasteiger partial charge on any atom is 0.311 e. The van der Waals surface area contributed by atoms with Gasteiger partial charge in [-0.05, 0) is 37.1 Å². The van der Waals surface area contributed by atoms with Crippen molar-refractivity contribution in [2.24, 2.45) is 0 Å². The molecule has 0 amide bonds. The van der Waals surface area contributed by atoms with Gasteiger partial charge in [-0.1, -0.05) is 52.4 Å². The van der Waals surface area contributed by atoms with E-state index in [0.717, 1.165) is 50.0 Å². The van der Waals surface area contributed by atoms with E-state index in [2.05, 4.69) is 23.8 Å². The number of hydrogen-bond donors (Lipinski definition) is 1. The van der Waals surface area contributed by atoms with Crippen molar-refractivity contribution in [3.05, 3.63) is 42.2 Å². The van der Waals surface area contributed by atoms with Crippen molar-refractivity contribution in [3.8, 4) is 17.1 Å². The summed E-state index contributed by atoms with van der Waals surface area (Å²) >= 11 is 0. The van der Waals surface area contributed by atoms with Gasteiger partial charge in [0.1, 0.15) is 12.4 Å². The molecule has 1 atom stereocenters. The lowest BCUT2D eigenvalue weighted by Gasteiger charge is -2.12. The fraction of sp³-hybridized carbons (Fsp3) is 0.560. The number of carbonyl (C=O) groups is 1. The van der Waals surface area contributed by atoms with Crippen molar-refractivity contribution in [2.45, 2.75) is 71.1 Å². The molecule has 170 valence electrons. The van der Waals surface area contributed by atoms with Crippen molar-refractivity contribution >= 4 is 5.97 Å². The van der Waals surface area contributed by atoms with E-state index in [9.17, 15) is 9.90 Å². The molecule has 0 spiro atoms. The van der Waals surface area contributed by atoms with E-state index in [4.69, 9.17) is 9.47 Å². The molecule has 1 aromatic heterocycles. The summed E-state index contributed by atoms with van der Waals surface area (Å²) in [7, 11) is 0. The molecule has 0 aliphatic carbocycles. The van der Waals surface area contributed by atoms with Gasteiger partial charge >= 0.3 is 5.97 Å². The fourth-order valence-corrected chi connectivity index (χ4v) is 3.35. The summed E-state index contributed by atoms with van der Waals surface area (Å²) in [6, 6.07) is 7.59. The van der Waals surface area contributed by atoms with Crippen LogP contribution in [0.25, 0.3) is 11.4 Å². The Morgan fingerprint density at radius 1 is 0.903 bits per heavy atom. The first-order chi connectivity index (χ1) is 15.2. The van der Waals surface area contributed by atoms with Crippen LogP contribution in [0.3, 0.4) is 0 Å². The smallest absolute Gasteiger partial charge is 0.311 e. The first-order valence-electron chi connectivity index (χ1n) is 11.5. The van der Waals surface area contributed by atoms with Gasteiger partial charge in [-0.15, -0.1) is 0 Å². The summed E-state index contributed by atoms with van der Waals surface area (Å²) < 4.78 is 11.3. The number of ether oxygens (including phenoxy) is 2. The zero-order chi connectivity index (χ0) is 22.3. The topological polar surface area (TPSA) is 81.5 Å². The lowest BCUT2D eigenvalue weighted by Crippen LogP contribution is -2.12. The van der Waals surface area contributed by atoms with Gasteiger partial charge in [0.05, 0.1) is 12.5 Å². The SMILES string of the molecule is CCCCCCC(C(=O)O)c1cnc(-c2ccc(OCCOCCCCC)cc2)nc1. The van der Waals surface area contributed by atoms with Gasteiger partial charge in [-0.3, -0.25) is 4.79 Å². The Balaban J connectivity index is 1.85. The summed E-state index contributed by atoms with van der Waals surface area (Å²) in [6.07, 6.45) is 11.6. The number of aromatic nitrogens is 2. The van der Waals surface area contributed by atoms with Crippen molar-refractivity contribution in [3.63, 3.8) is 0 Å².